The second-order valence-corrected chi connectivity index (χ2v) is 6.42. The highest BCUT2D eigenvalue weighted by Crippen LogP contribution is 2.33. The summed E-state index contributed by atoms with van der Waals surface area (Å²) in [4.78, 5) is 22.2. The van der Waals surface area contributed by atoms with Gasteiger partial charge in [0.25, 0.3) is 5.69 Å². The number of benzene rings is 1. The number of nitro benzene ring substituents is 1. The molecule has 0 fully saturated rings. The van der Waals surface area contributed by atoms with Gasteiger partial charge in [-0.1, -0.05) is 11.6 Å². The first-order valence-electron chi connectivity index (χ1n) is 6.81. The minimum Gasteiger partial charge on any atom is -0.465 e. The fourth-order valence-corrected chi connectivity index (χ4v) is 3.08. The van der Waals surface area contributed by atoms with Gasteiger partial charge >= 0.3 is 5.97 Å². The molecule has 0 amide bonds. The summed E-state index contributed by atoms with van der Waals surface area (Å²) in [5.41, 5.74) is -0.850. The van der Waals surface area contributed by atoms with Gasteiger partial charge in [-0.2, -0.15) is 11.3 Å². The molecule has 9 heteroatoms. The Kier molecular flexibility index (Phi) is 5.43. The summed E-state index contributed by atoms with van der Waals surface area (Å²) in [5.74, 6) is -0.764. The first-order chi connectivity index (χ1) is 11.3. The van der Waals surface area contributed by atoms with Crippen molar-refractivity contribution in [2.45, 2.75) is 12.5 Å². The molecule has 0 aliphatic heterocycles. The molecule has 1 aromatic carbocycles. The number of hydrogen-bond donors (Lipinski definition) is 2. The number of aliphatic hydroxyl groups is 1. The molecule has 0 radical (unpaired) electrons. The summed E-state index contributed by atoms with van der Waals surface area (Å²) >= 11 is 7.44. The number of nitrogens with one attached hydrogen (secondary N) is 1. The van der Waals surface area contributed by atoms with E-state index in [1.165, 1.54) is 17.4 Å². The van der Waals surface area contributed by atoms with Gasteiger partial charge in [-0.15, -0.1) is 0 Å². The first-order valence-corrected chi connectivity index (χ1v) is 8.13. The lowest BCUT2D eigenvalue weighted by Crippen LogP contribution is -2.30. The van der Waals surface area contributed by atoms with Crippen LogP contribution in [0.4, 0.5) is 11.4 Å². The highest BCUT2D eigenvalue weighted by atomic mass is 35.5. The zero-order valence-electron chi connectivity index (χ0n) is 12.9. The highest BCUT2D eigenvalue weighted by molar-refractivity contribution is 7.08. The molecule has 2 N–H and O–H groups in total. The number of methoxy groups -OCH3 is 1. The van der Waals surface area contributed by atoms with Crippen LogP contribution >= 0.6 is 22.9 Å². The molecule has 2 rings (SSSR count). The topological polar surface area (TPSA) is 102 Å². The molecule has 1 aromatic heterocycles. The van der Waals surface area contributed by atoms with E-state index in [0.717, 1.165) is 13.2 Å². The molecule has 0 saturated carbocycles. The molecule has 0 aliphatic carbocycles. The van der Waals surface area contributed by atoms with E-state index in [1.54, 1.807) is 18.4 Å². The second kappa shape index (κ2) is 7.16. The summed E-state index contributed by atoms with van der Waals surface area (Å²) in [5, 5.41) is 28.2. The molecule has 7 nitrogen and oxygen atoms in total. The van der Waals surface area contributed by atoms with Crippen molar-refractivity contribution in [3.05, 3.63) is 55.2 Å². The van der Waals surface area contributed by atoms with Gasteiger partial charge in [0.05, 0.1) is 22.6 Å². The van der Waals surface area contributed by atoms with Gasteiger partial charge in [-0.25, -0.2) is 4.79 Å². The van der Waals surface area contributed by atoms with Crippen LogP contribution in [0.5, 0.6) is 0 Å². The van der Waals surface area contributed by atoms with Crippen molar-refractivity contribution in [2.24, 2.45) is 0 Å². The van der Waals surface area contributed by atoms with E-state index in [1.807, 2.05) is 5.38 Å². The predicted octanol–water partition coefficient (Wildman–Crippen LogP) is 3.42. The molecule has 0 spiro atoms. The van der Waals surface area contributed by atoms with Crippen molar-refractivity contribution in [3.63, 3.8) is 0 Å². The Hall–Kier alpha value is -2.16. The Morgan fingerprint density at radius 1 is 1.54 bits per heavy atom. The minimum absolute atomic E-state index is 0.0186. The van der Waals surface area contributed by atoms with Crippen molar-refractivity contribution in [3.8, 4) is 0 Å². The van der Waals surface area contributed by atoms with Crippen molar-refractivity contribution >= 4 is 40.3 Å². The number of carbonyl (C=O) groups excluding carboxylic acids is 1. The number of anilines is 1. The zero-order chi connectivity index (χ0) is 17.9. The Bertz CT molecular complexity index is 761. The third-order valence-corrected chi connectivity index (χ3v) is 4.45. The van der Waals surface area contributed by atoms with Crippen molar-refractivity contribution < 1.29 is 19.6 Å². The van der Waals surface area contributed by atoms with Gasteiger partial charge in [0.1, 0.15) is 11.3 Å². The molecule has 128 valence electrons. The van der Waals surface area contributed by atoms with Gasteiger partial charge in [-0.05, 0) is 35.4 Å². The molecular formula is C15H15ClN2O5S. The lowest BCUT2D eigenvalue weighted by atomic mass is 9.99. The van der Waals surface area contributed by atoms with Crippen molar-refractivity contribution in [1.29, 1.82) is 0 Å². The third kappa shape index (κ3) is 3.84. The van der Waals surface area contributed by atoms with Crippen LogP contribution < -0.4 is 5.32 Å². The van der Waals surface area contributed by atoms with E-state index in [2.05, 4.69) is 10.1 Å². The largest absolute Gasteiger partial charge is 0.465 e. The third-order valence-electron chi connectivity index (χ3n) is 3.45. The Balaban J connectivity index is 2.31. The van der Waals surface area contributed by atoms with E-state index in [0.29, 0.717) is 5.56 Å². The van der Waals surface area contributed by atoms with Crippen LogP contribution in [0.15, 0.2) is 29.0 Å². The highest BCUT2D eigenvalue weighted by Gasteiger charge is 2.26. The molecule has 0 saturated heterocycles. The van der Waals surface area contributed by atoms with E-state index in [9.17, 15) is 20.0 Å². The fourth-order valence-electron chi connectivity index (χ4n) is 2.06. The summed E-state index contributed by atoms with van der Waals surface area (Å²) in [7, 11) is 1.16. The molecule has 2 aromatic rings. The van der Waals surface area contributed by atoms with Gasteiger partial charge in [-0.3, -0.25) is 10.1 Å². The maximum Gasteiger partial charge on any atom is 0.339 e. The van der Waals surface area contributed by atoms with Crippen LogP contribution in [-0.4, -0.2) is 29.7 Å². The first kappa shape index (κ1) is 18.2. The normalized spacial score (nSPS) is 13.2. The number of nitrogens with zero attached hydrogens (tertiary/aromatic N) is 1. The van der Waals surface area contributed by atoms with Crippen molar-refractivity contribution in [2.75, 3.05) is 19.0 Å². The maximum atomic E-state index is 11.6. The summed E-state index contributed by atoms with van der Waals surface area (Å²) in [6, 6.07) is 4.10. The van der Waals surface area contributed by atoms with E-state index < -0.39 is 16.5 Å². The Labute approximate surface area is 147 Å². The average Bonchev–Trinajstić information content (AvgIpc) is 3.07. The number of hydrogen-bond acceptors (Lipinski definition) is 7. The predicted molar refractivity (Wildman–Crippen MR) is 91.8 cm³/mol. The number of esters is 1. The molecule has 24 heavy (non-hydrogen) atoms. The molecular weight excluding hydrogens is 356 g/mol. The van der Waals surface area contributed by atoms with E-state index in [4.69, 9.17) is 11.6 Å². The molecule has 0 bridgehead atoms. The molecule has 1 unspecified atom stereocenters. The van der Waals surface area contributed by atoms with Gasteiger partial charge in [0, 0.05) is 12.6 Å². The average molecular weight is 371 g/mol. The van der Waals surface area contributed by atoms with Crippen LogP contribution in [0.1, 0.15) is 22.8 Å². The number of halogens is 1. The molecule has 1 heterocycles. The summed E-state index contributed by atoms with van der Waals surface area (Å²) in [6.45, 7) is 1.62. The molecule has 1 atom stereocenters. The van der Waals surface area contributed by atoms with Crippen LogP contribution in [-0.2, 0) is 10.3 Å². The summed E-state index contributed by atoms with van der Waals surface area (Å²) < 4.78 is 4.55. The van der Waals surface area contributed by atoms with Gasteiger partial charge < -0.3 is 15.2 Å². The smallest absolute Gasteiger partial charge is 0.339 e. The Morgan fingerprint density at radius 2 is 2.25 bits per heavy atom. The second-order valence-electron chi connectivity index (χ2n) is 5.24. The quantitative estimate of drug-likeness (QED) is 0.459. The van der Waals surface area contributed by atoms with Crippen LogP contribution in [0, 0.1) is 10.1 Å². The van der Waals surface area contributed by atoms with E-state index in [-0.39, 0.29) is 28.5 Å². The number of nitro groups is 1. The number of carbonyl (C=O) groups is 1. The summed E-state index contributed by atoms with van der Waals surface area (Å²) in [6.07, 6.45) is 0. The lowest BCUT2D eigenvalue weighted by molar-refractivity contribution is -0.384. The standard InChI is InChI=1S/C15H15ClN2O5S/c1-15(20,9-3-4-24-7-9)8-17-12-6-11(16)10(14(19)23-2)5-13(12)18(21)22/h3-7,17,20H,8H2,1-2H3. The fraction of sp³-hybridized carbons (Fsp3) is 0.267. The monoisotopic (exact) mass is 370 g/mol. The molecule has 0 aliphatic rings. The van der Waals surface area contributed by atoms with Crippen LogP contribution in [0.25, 0.3) is 0 Å². The Morgan fingerprint density at radius 3 is 2.79 bits per heavy atom. The maximum absolute atomic E-state index is 11.6. The SMILES string of the molecule is COC(=O)c1cc([N+](=O)[O-])c(NCC(C)(O)c2ccsc2)cc1Cl. The van der Waals surface area contributed by atoms with Gasteiger partial charge in [0.2, 0.25) is 0 Å². The van der Waals surface area contributed by atoms with E-state index >= 15 is 0 Å². The number of ether oxygens (including phenoxy) is 1. The number of thiophene rings is 1. The minimum atomic E-state index is -1.22. The lowest BCUT2D eigenvalue weighted by Gasteiger charge is -2.23. The zero-order valence-corrected chi connectivity index (χ0v) is 14.5. The van der Waals surface area contributed by atoms with Crippen LogP contribution in [0.2, 0.25) is 5.02 Å². The van der Waals surface area contributed by atoms with Crippen LogP contribution in [0.3, 0.4) is 0 Å². The number of rotatable bonds is 6. The van der Waals surface area contributed by atoms with Gasteiger partial charge in [0.15, 0.2) is 0 Å². The van der Waals surface area contributed by atoms with Crippen molar-refractivity contribution in [1.82, 2.24) is 0 Å².